The van der Waals surface area contributed by atoms with E-state index in [0.717, 1.165) is 3.57 Å². The number of nitrogens with one attached hydrogen (secondary N) is 2. The van der Waals surface area contributed by atoms with Crippen LogP contribution in [0.1, 0.15) is 6.92 Å². The molecular weight excluding hydrogens is 347 g/mol. The van der Waals surface area contributed by atoms with Crippen molar-refractivity contribution in [3.05, 3.63) is 27.8 Å². The Labute approximate surface area is 119 Å². The highest BCUT2D eigenvalue weighted by molar-refractivity contribution is 14.1. The molecule has 0 saturated carbocycles. The van der Waals surface area contributed by atoms with Gasteiger partial charge in [-0.15, -0.1) is 0 Å². The maximum Gasteiger partial charge on any atom is 0.258 e. The molecular formula is C12H15IN2O3. The van der Waals surface area contributed by atoms with Gasteiger partial charge in [-0.3, -0.25) is 9.59 Å². The summed E-state index contributed by atoms with van der Waals surface area (Å²) >= 11 is 2.20. The van der Waals surface area contributed by atoms with Gasteiger partial charge in [0.15, 0.2) is 6.61 Å². The summed E-state index contributed by atoms with van der Waals surface area (Å²) in [6.07, 6.45) is 0. The third kappa shape index (κ3) is 6.43. The molecule has 5 nitrogen and oxygen atoms in total. The molecule has 0 aliphatic heterocycles. The maximum absolute atomic E-state index is 11.4. The molecule has 0 unspecified atom stereocenters. The number of carbonyl (C=O) groups excluding carboxylic acids is 2. The zero-order valence-corrected chi connectivity index (χ0v) is 12.2. The molecule has 0 atom stereocenters. The van der Waals surface area contributed by atoms with Gasteiger partial charge in [-0.2, -0.15) is 0 Å². The standard InChI is InChI=1S/C12H15IN2O3/c1-9(16)14-6-7-15-12(17)8-18-11-4-2-10(13)3-5-11/h2-5H,6-8H2,1H3,(H,14,16)(H,15,17). The van der Waals surface area contributed by atoms with E-state index in [1.807, 2.05) is 24.3 Å². The van der Waals surface area contributed by atoms with E-state index in [-0.39, 0.29) is 18.4 Å². The smallest absolute Gasteiger partial charge is 0.258 e. The number of halogens is 1. The lowest BCUT2D eigenvalue weighted by Gasteiger charge is -2.07. The molecule has 0 aliphatic rings. The van der Waals surface area contributed by atoms with Crippen LogP contribution in [0.3, 0.4) is 0 Å². The van der Waals surface area contributed by atoms with Crippen LogP contribution in [0.2, 0.25) is 0 Å². The summed E-state index contributed by atoms with van der Waals surface area (Å²) in [5.74, 6) is 0.339. The van der Waals surface area contributed by atoms with Gasteiger partial charge in [-0.05, 0) is 46.9 Å². The van der Waals surface area contributed by atoms with Crippen LogP contribution in [-0.4, -0.2) is 31.5 Å². The molecule has 2 amide bonds. The van der Waals surface area contributed by atoms with Crippen molar-refractivity contribution in [2.75, 3.05) is 19.7 Å². The van der Waals surface area contributed by atoms with E-state index in [1.165, 1.54) is 6.92 Å². The van der Waals surface area contributed by atoms with Crippen molar-refractivity contribution in [1.82, 2.24) is 10.6 Å². The van der Waals surface area contributed by atoms with Gasteiger partial charge in [0.05, 0.1) is 0 Å². The minimum Gasteiger partial charge on any atom is -0.484 e. The Balaban J connectivity index is 2.17. The molecule has 1 rings (SSSR count). The predicted octanol–water partition coefficient (Wildman–Crippen LogP) is 0.922. The molecule has 2 N–H and O–H groups in total. The molecule has 0 aliphatic carbocycles. The summed E-state index contributed by atoms with van der Waals surface area (Å²) < 4.78 is 6.41. The van der Waals surface area contributed by atoms with Crippen LogP contribution >= 0.6 is 22.6 Å². The second kappa shape index (κ2) is 7.91. The topological polar surface area (TPSA) is 67.4 Å². The second-order valence-corrected chi connectivity index (χ2v) is 4.82. The zero-order valence-electron chi connectivity index (χ0n) is 10.0. The average Bonchev–Trinajstić information content (AvgIpc) is 2.34. The number of benzene rings is 1. The van der Waals surface area contributed by atoms with Gasteiger partial charge in [0, 0.05) is 23.6 Å². The molecule has 0 spiro atoms. The number of hydrogen-bond donors (Lipinski definition) is 2. The first kappa shape index (κ1) is 14.7. The van der Waals surface area contributed by atoms with E-state index in [2.05, 4.69) is 33.2 Å². The summed E-state index contributed by atoms with van der Waals surface area (Å²) in [5.41, 5.74) is 0. The lowest BCUT2D eigenvalue weighted by molar-refractivity contribution is -0.123. The Morgan fingerprint density at radius 1 is 1.17 bits per heavy atom. The monoisotopic (exact) mass is 362 g/mol. The van der Waals surface area contributed by atoms with E-state index in [1.54, 1.807) is 0 Å². The zero-order chi connectivity index (χ0) is 13.4. The summed E-state index contributed by atoms with van der Waals surface area (Å²) in [4.78, 5) is 22.0. The van der Waals surface area contributed by atoms with Crippen molar-refractivity contribution in [3.63, 3.8) is 0 Å². The number of hydrogen-bond acceptors (Lipinski definition) is 3. The van der Waals surface area contributed by atoms with Gasteiger partial charge < -0.3 is 15.4 Å². The normalized spacial score (nSPS) is 9.67. The molecule has 0 radical (unpaired) electrons. The summed E-state index contributed by atoms with van der Waals surface area (Å²) in [6, 6.07) is 7.44. The molecule has 0 bridgehead atoms. The SMILES string of the molecule is CC(=O)NCCNC(=O)COc1ccc(I)cc1. The van der Waals surface area contributed by atoms with Crippen molar-refractivity contribution in [3.8, 4) is 5.75 Å². The first-order chi connectivity index (χ1) is 8.58. The van der Waals surface area contributed by atoms with E-state index in [4.69, 9.17) is 4.74 Å². The minimum atomic E-state index is -0.209. The Bertz CT molecular complexity index is 406. The van der Waals surface area contributed by atoms with Crippen LogP contribution < -0.4 is 15.4 Å². The fourth-order valence-corrected chi connectivity index (χ4v) is 1.53. The van der Waals surface area contributed by atoms with Crippen molar-refractivity contribution in [1.29, 1.82) is 0 Å². The molecule has 0 saturated heterocycles. The third-order valence-electron chi connectivity index (χ3n) is 2.00. The number of ether oxygens (including phenoxy) is 1. The molecule has 98 valence electrons. The largest absolute Gasteiger partial charge is 0.484 e. The number of amides is 2. The molecule has 18 heavy (non-hydrogen) atoms. The van der Waals surface area contributed by atoms with Crippen molar-refractivity contribution < 1.29 is 14.3 Å². The molecule has 0 aromatic heterocycles. The highest BCUT2D eigenvalue weighted by Gasteiger charge is 2.02. The van der Waals surface area contributed by atoms with Gasteiger partial charge in [0.1, 0.15) is 5.75 Å². The van der Waals surface area contributed by atoms with Crippen LogP contribution in [0.25, 0.3) is 0 Å². The van der Waals surface area contributed by atoms with Crippen LogP contribution in [0.15, 0.2) is 24.3 Å². The lowest BCUT2D eigenvalue weighted by Crippen LogP contribution is -2.36. The molecule has 1 aromatic carbocycles. The molecule has 6 heteroatoms. The van der Waals surface area contributed by atoms with E-state index < -0.39 is 0 Å². The highest BCUT2D eigenvalue weighted by Crippen LogP contribution is 2.12. The first-order valence-corrected chi connectivity index (χ1v) is 6.55. The van der Waals surface area contributed by atoms with Gasteiger partial charge >= 0.3 is 0 Å². The van der Waals surface area contributed by atoms with E-state index >= 15 is 0 Å². The van der Waals surface area contributed by atoms with E-state index in [9.17, 15) is 9.59 Å². The second-order valence-electron chi connectivity index (χ2n) is 3.58. The Morgan fingerprint density at radius 3 is 2.39 bits per heavy atom. The van der Waals surface area contributed by atoms with Gasteiger partial charge in [0.25, 0.3) is 5.91 Å². The molecule has 0 fully saturated rings. The fraction of sp³-hybridized carbons (Fsp3) is 0.333. The quantitative estimate of drug-likeness (QED) is 0.584. The van der Waals surface area contributed by atoms with Crippen molar-refractivity contribution in [2.24, 2.45) is 0 Å². The van der Waals surface area contributed by atoms with Gasteiger partial charge in [0.2, 0.25) is 5.91 Å². The lowest BCUT2D eigenvalue weighted by atomic mass is 10.3. The van der Waals surface area contributed by atoms with E-state index in [0.29, 0.717) is 18.8 Å². The summed E-state index contributed by atoms with van der Waals surface area (Å²) in [7, 11) is 0. The van der Waals surface area contributed by atoms with Gasteiger partial charge in [-0.25, -0.2) is 0 Å². The summed E-state index contributed by atoms with van der Waals surface area (Å²) in [5, 5.41) is 5.23. The Kier molecular flexibility index (Phi) is 6.48. The molecule has 1 aromatic rings. The number of rotatable bonds is 6. The Hall–Kier alpha value is -1.31. The highest BCUT2D eigenvalue weighted by atomic mass is 127. The average molecular weight is 362 g/mol. The van der Waals surface area contributed by atoms with Crippen LogP contribution in [0.4, 0.5) is 0 Å². The van der Waals surface area contributed by atoms with Crippen LogP contribution in [-0.2, 0) is 9.59 Å². The Morgan fingerprint density at radius 2 is 1.78 bits per heavy atom. The third-order valence-corrected chi connectivity index (χ3v) is 2.72. The summed E-state index contributed by atoms with van der Waals surface area (Å²) in [6.45, 7) is 2.22. The minimum absolute atomic E-state index is 0.0271. The predicted molar refractivity (Wildman–Crippen MR) is 76.3 cm³/mol. The van der Waals surface area contributed by atoms with Crippen LogP contribution in [0, 0.1) is 3.57 Å². The maximum atomic E-state index is 11.4. The van der Waals surface area contributed by atoms with Gasteiger partial charge in [-0.1, -0.05) is 0 Å². The van der Waals surface area contributed by atoms with Crippen molar-refractivity contribution >= 4 is 34.4 Å². The molecule has 0 heterocycles. The fourth-order valence-electron chi connectivity index (χ4n) is 1.17. The first-order valence-electron chi connectivity index (χ1n) is 5.47. The number of carbonyl (C=O) groups is 2. The van der Waals surface area contributed by atoms with Crippen LogP contribution in [0.5, 0.6) is 5.75 Å². The van der Waals surface area contributed by atoms with Crippen molar-refractivity contribution in [2.45, 2.75) is 6.92 Å².